The molecule has 0 radical (unpaired) electrons. The molecule has 0 atom stereocenters. The van der Waals surface area contributed by atoms with Gasteiger partial charge in [0.05, 0.1) is 7.11 Å². The first-order valence-electron chi connectivity index (χ1n) is 9.49. The van der Waals surface area contributed by atoms with E-state index in [2.05, 4.69) is 53.5 Å². The average molecular weight is 369 g/mol. The fourth-order valence-corrected chi connectivity index (χ4v) is 3.34. The topological polar surface area (TPSA) is 24.5 Å². The van der Waals surface area contributed by atoms with Crippen LogP contribution in [0, 0.1) is 0 Å². The molecule has 1 aliphatic carbocycles. The van der Waals surface area contributed by atoms with Gasteiger partial charge in [-0.2, -0.15) is 0 Å². The van der Waals surface area contributed by atoms with Crippen LogP contribution in [0.2, 0.25) is 0 Å². The second-order valence-corrected chi connectivity index (χ2v) is 7.32. The maximum Gasteiger partial charge on any atom is 0.173 e. The number of nitrogens with zero attached hydrogens (tertiary/aromatic N) is 1. The third kappa shape index (κ3) is 5.21. The highest BCUT2D eigenvalue weighted by Gasteiger charge is 2.30. The summed E-state index contributed by atoms with van der Waals surface area (Å²) in [5, 5.41) is 4.23. The van der Waals surface area contributed by atoms with Gasteiger partial charge in [-0.1, -0.05) is 37.6 Å². The maximum absolute atomic E-state index is 5.71. The van der Waals surface area contributed by atoms with E-state index in [-0.39, 0.29) is 0 Å². The Labute approximate surface area is 162 Å². The van der Waals surface area contributed by atoms with Crippen LogP contribution in [0.15, 0.2) is 48.5 Å². The largest absolute Gasteiger partial charge is 0.497 e. The molecule has 0 unspecified atom stereocenters. The minimum absolute atomic E-state index is 0.556. The number of methoxy groups -OCH3 is 1. The van der Waals surface area contributed by atoms with Gasteiger partial charge >= 0.3 is 0 Å². The molecule has 2 aromatic carbocycles. The Hall–Kier alpha value is -2.07. The van der Waals surface area contributed by atoms with E-state index in [9.17, 15) is 0 Å². The average Bonchev–Trinajstić information content (AvgIpc) is 3.51. The van der Waals surface area contributed by atoms with Crippen molar-refractivity contribution in [2.45, 2.75) is 51.6 Å². The van der Waals surface area contributed by atoms with Crippen LogP contribution in [0.4, 0.5) is 5.69 Å². The van der Waals surface area contributed by atoms with E-state index in [1.54, 1.807) is 7.11 Å². The summed E-state index contributed by atoms with van der Waals surface area (Å²) in [7, 11) is 1.69. The molecule has 1 saturated carbocycles. The molecule has 4 heteroatoms. The maximum atomic E-state index is 5.71. The van der Waals surface area contributed by atoms with Gasteiger partial charge in [0.15, 0.2) is 5.11 Å². The summed E-state index contributed by atoms with van der Waals surface area (Å²) in [6, 6.07) is 17.5. The van der Waals surface area contributed by atoms with Crippen molar-refractivity contribution in [1.29, 1.82) is 0 Å². The number of benzene rings is 2. The van der Waals surface area contributed by atoms with Crippen molar-refractivity contribution >= 4 is 23.0 Å². The van der Waals surface area contributed by atoms with Crippen molar-refractivity contribution in [2.24, 2.45) is 0 Å². The molecule has 1 N–H and O–H groups in total. The summed E-state index contributed by atoms with van der Waals surface area (Å²) >= 11 is 5.71. The predicted molar refractivity (Wildman–Crippen MR) is 113 cm³/mol. The lowest BCUT2D eigenvalue weighted by Gasteiger charge is -2.26. The Morgan fingerprint density at radius 2 is 1.73 bits per heavy atom. The molecule has 2 aromatic rings. The number of hydrogen-bond donors (Lipinski definition) is 1. The predicted octanol–water partition coefficient (Wildman–Crippen LogP) is 5.40. The number of thiocarbonyl (C=S) groups is 1. The molecule has 0 bridgehead atoms. The lowest BCUT2D eigenvalue weighted by atomic mass is 10.1. The first-order chi connectivity index (χ1) is 12.7. The quantitative estimate of drug-likeness (QED) is 0.631. The van der Waals surface area contributed by atoms with Crippen LogP contribution in [0.1, 0.15) is 43.7 Å². The molecule has 0 spiro atoms. The van der Waals surface area contributed by atoms with Gasteiger partial charge in [-0.05, 0) is 73.3 Å². The van der Waals surface area contributed by atoms with Crippen LogP contribution in [0.3, 0.4) is 0 Å². The van der Waals surface area contributed by atoms with Gasteiger partial charge in [-0.15, -0.1) is 0 Å². The zero-order valence-corrected chi connectivity index (χ0v) is 16.5. The van der Waals surface area contributed by atoms with Crippen LogP contribution in [0.5, 0.6) is 5.75 Å². The van der Waals surface area contributed by atoms with Gasteiger partial charge in [0.25, 0.3) is 0 Å². The van der Waals surface area contributed by atoms with Gasteiger partial charge in [0.2, 0.25) is 0 Å². The fraction of sp³-hybridized carbons (Fsp3) is 0.409. The summed E-state index contributed by atoms with van der Waals surface area (Å²) in [5.41, 5.74) is 3.70. The standard InChI is InChI=1S/C22H28N2OS/c1-3-4-5-17-6-10-19(11-7-17)23-22(26)24(20-12-13-20)16-18-8-14-21(25-2)15-9-18/h6-11,14-15,20H,3-5,12-13,16H2,1-2H3,(H,23,26). The van der Waals surface area contributed by atoms with Gasteiger partial charge < -0.3 is 15.0 Å². The molecule has 3 rings (SSSR count). The molecule has 1 aliphatic rings. The third-order valence-corrected chi connectivity index (χ3v) is 5.12. The van der Waals surface area contributed by atoms with E-state index in [4.69, 9.17) is 17.0 Å². The highest BCUT2D eigenvalue weighted by molar-refractivity contribution is 7.80. The van der Waals surface area contributed by atoms with Gasteiger partial charge in [0.1, 0.15) is 5.75 Å². The molecule has 0 saturated heterocycles. The molecule has 138 valence electrons. The lowest BCUT2D eigenvalue weighted by molar-refractivity contribution is 0.405. The first kappa shape index (κ1) is 18.7. The SMILES string of the molecule is CCCCc1ccc(NC(=S)N(Cc2ccc(OC)cc2)C2CC2)cc1. The number of nitrogens with one attached hydrogen (secondary N) is 1. The highest BCUT2D eigenvalue weighted by Crippen LogP contribution is 2.29. The Balaban J connectivity index is 1.61. The Kier molecular flexibility index (Phi) is 6.51. The minimum atomic E-state index is 0.556. The third-order valence-electron chi connectivity index (χ3n) is 4.78. The van der Waals surface area contributed by atoms with E-state index in [1.165, 1.54) is 36.8 Å². The summed E-state index contributed by atoms with van der Waals surface area (Å²) in [4.78, 5) is 2.31. The molecular formula is C22H28N2OS. The van der Waals surface area contributed by atoms with Crippen molar-refractivity contribution in [2.75, 3.05) is 12.4 Å². The monoisotopic (exact) mass is 368 g/mol. The summed E-state index contributed by atoms with van der Waals surface area (Å²) in [6.07, 6.45) is 6.04. The van der Waals surface area contributed by atoms with Crippen molar-refractivity contribution in [1.82, 2.24) is 4.90 Å². The zero-order chi connectivity index (χ0) is 18.4. The van der Waals surface area contributed by atoms with Gasteiger partial charge in [-0.25, -0.2) is 0 Å². The second-order valence-electron chi connectivity index (χ2n) is 6.94. The number of anilines is 1. The summed E-state index contributed by atoms with van der Waals surface area (Å²) < 4.78 is 5.24. The van der Waals surface area contributed by atoms with Crippen LogP contribution in [0.25, 0.3) is 0 Å². The Bertz CT molecular complexity index is 708. The molecule has 1 fully saturated rings. The Morgan fingerprint density at radius 1 is 1.08 bits per heavy atom. The highest BCUT2D eigenvalue weighted by atomic mass is 32.1. The van der Waals surface area contributed by atoms with Crippen molar-refractivity contribution < 1.29 is 4.74 Å². The summed E-state index contributed by atoms with van der Waals surface area (Å²) in [6.45, 7) is 3.05. The van der Waals surface area contributed by atoms with Crippen LogP contribution in [-0.2, 0) is 13.0 Å². The second kappa shape index (κ2) is 9.04. The van der Waals surface area contributed by atoms with E-state index < -0.39 is 0 Å². The minimum Gasteiger partial charge on any atom is -0.497 e. The van der Waals surface area contributed by atoms with Gasteiger partial charge in [0, 0.05) is 18.3 Å². The molecular weight excluding hydrogens is 340 g/mol. The van der Waals surface area contributed by atoms with E-state index in [1.807, 2.05) is 12.1 Å². The Morgan fingerprint density at radius 3 is 2.31 bits per heavy atom. The number of ether oxygens (including phenoxy) is 1. The molecule has 3 nitrogen and oxygen atoms in total. The van der Waals surface area contributed by atoms with E-state index >= 15 is 0 Å². The van der Waals surface area contributed by atoms with Crippen molar-refractivity contribution in [3.05, 3.63) is 59.7 Å². The smallest absolute Gasteiger partial charge is 0.173 e. The van der Waals surface area contributed by atoms with E-state index in [0.717, 1.165) is 29.5 Å². The fourth-order valence-electron chi connectivity index (χ4n) is 3.01. The molecule has 0 amide bonds. The normalized spacial score (nSPS) is 13.3. The zero-order valence-electron chi connectivity index (χ0n) is 15.7. The molecule has 0 aliphatic heterocycles. The number of aryl methyl sites for hydroxylation is 1. The summed E-state index contributed by atoms with van der Waals surface area (Å²) in [5.74, 6) is 0.885. The first-order valence-corrected chi connectivity index (χ1v) is 9.90. The number of rotatable bonds is 8. The van der Waals surface area contributed by atoms with Crippen LogP contribution in [-0.4, -0.2) is 23.2 Å². The number of hydrogen-bond acceptors (Lipinski definition) is 2. The van der Waals surface area contributed by atoms with E-state index in [0.29, 0.717) is 6.04 Å². The van der Waals surface area contributed by atoms with Crippen molar-refractivity contribution in [3.8, 4) is 5.75 Å². The molecule has 26 heavy (non-hydrogen) atoms. The van der Waals surface area contributed by atoms with Crippen LogP contribution >= 0.6 is 12.2 Å². The molecule has 0 heterocycles. The van der Waals surface area contributed by atoms with Crippen molar-refractivity contribution in [3.63, 3.8) is 0 Å². The van der Waals surface area contributed by atoms with Crippen LogP contribution < -0.4 is 10.1 Å². The molecule has 0 aromatic heterocycles. The lowest BCUT2D eigenvalue weighted by Crippen LogP contribution is -2.36. The van der Waals surface area contributed by atoms with Gasteiger partial charge in [-0.3, -0.25) is 0 Å². The number of unbranched alkanes of at least 4 members (excludes halogenated alkanes) is 1.